The van der Waals surface area contributed by atoms with Crippen molar-refractivity contribution in [2.24, 2.45) is 0 Å². The second kappa shape index (κ2) is 14.8. The maximum absolute atomic E-state index is 13.7. The van der Waals surface area contributed by atoms with Crippen molar-refractivity contribution in [3.8, 4) is 11.5 Å². The Bertz CT molecular complexity index is 1940. The highest BCUT2D eigenvalue weighted by molar-refractivity contribution is 9.10. The average Bonchev–Trinajstić information content (AvgIpc) is 3.57. The van der Waals surface area contributed by atoms with Crippen molar-refractivity contribution in [2.45, 2.75) is 10.1 Å². The van der Waals surface area contributed by atoms with Crippen molar-refractivity contribution in [3.63, 3.8) is 0 Å². The summed E-state index contributed by atoms with van der Waals surface area (Å²) in [6.45, 7) is 0.142. The molecular formula is C37H28BrN3O5S. The molecule has 1 atom stereocenters. The molecule has 0 spiro atoms. The first-order chi connectivity index (χ1) is 22.9. The van der Waals surface area contributed by atoms with Crippen LogP contribution in [0.5, 0.6) is 11.5 Å². The maximum Gasteiger partial charge on any atom is 0.272 e. The molecule has 0 aromatic heterocycles. The Hall–Kier alpha value is -5.32. The molecule has 1 unspecified atom stereocenters. The number of thioether (sulfide) groups is 1. The van der Waals surface area contributed by atoms with Gasteiger partial charge in [0.2, 0.25) is 12.7 Å². The summed E-state index contributed by atoms with van der Waals surface area (Å²) in [5.74, 6) is 0.0685. The number of benzene rings is 5. The first kappa shape index (κ1) is 31.7. The number of rotatable bonds is 10. The fraction of sp³-hybridized carbons (Fsp3) is 0.0541. The minimum absolute atomic E-state index is 0.0736. The van der Waals surface area contributed by atoms with E-state index in [0.29, 0.717) is 28.4 Å². The predicted molar refractivity (Wildman–Crippen MR) is 187 cm³/mol. The van der Waals surface area contributed by atoms with Gasteiger partial charge >= 0.3 is 0 Å². The number of amides is 3. The van der Waals surface area contributed by atoms with E-state index in [4.69, 9.17) is 9.47 Å². The SMILES string of the molecule is O=C(Nc1cccc(SC(C(=O)Nc2ccc3c(c2)OCO3)c2ccccc2)c1)/C(=C/c1ccc(Br)cc1)NC(=O)c1ccccc1. The molecular weight excluding hydrogens is 678 g/mol. The lowest BCUT2D eigenvalue weighted by Gasteiger charge is -2.18. The molecule has 234 valence electrons. The van der Waals surface area contributed by atoms with Crippen molar-refractivity contribution in [2.75, 3.05) is 17.4 Å². The minimum atomic E-state index is -0.606. The molecule has 1 heterocycles. The topological polar surface area (TPSA) is 106 Å². The number of hydrogen-bond acceptors (Lipinski definition) is 6. The van der Waals surface area contributed by atoms with Crippen LogP contribution < -0.4 is 25.4 Å². The van der Waals surface area contributed by atoms with E-state index in [1.54, 1.807) is 66.7 Å². The number of carbonyl (C=O) groups is 3. The number of hydrogen-bond donors (Lipinski definition) is 3. The highest BCUT2D eigenvalue weighted by atomic mass is 79.9. The van der Waals surface area contributed by atoms with Gasteiger partial charge in [-0.2, -0.15) is 0 Å². The molecule has 0 aliphatic carbocycles. The van der Waals surface area contributed by atoms with E-state index in [0.717, 1.165) is 20.5 Å². The third-order valence-electron chi connectivity index (χ3n) is 7.04. The van der Waals surface area contributed by atoms with Crippen LogP contribution in [0, 0.1) is 0 Å². The lowest BCUT2D eigenvalue weighted by Crippen LogP contribution is -2.30. The minimum Gasteiger partial charge on any atom is -0.454 e. The van der Waals surface area contributed by atoms with Crippen LogP contribution >= 0.6 is 27.7 Å². The van der Waals surface area contributed by atoms with E-state index in [1.807, 2.05) is 66.7 Å². The van der Waals surface area contributed by atoms with Gasteiger partial charge in [0.15, 0.2) is 11.5 Å². The second-order valence-electron chi connectivity index (χ2n) is 10.4. The molecule has 6 rings (SSSR count). The van der Waals surface area contributed by atoms with Crippen LogP contribution in [0.4, 0.5) is 11.4 Å². The zero-order valence-corrected chi connectivity index (χ0v) is 27.2. The van der Waals surface area contributed by atoms with Crippen molar-refractivity contribution in [1.29, 1.82) is 0 Å². The van der Waals surface area contributed by atoms with E-state index in [-0.39, 0.29) is 18.4 Å². The Balaban J connectivity index is 1.22. The molecule has 5 aromatic carbocycles. The quantitative estimate of drug-likeness (QED) is 0.100. The zero-order chi connectivity index (χ0) is 32.6. The molecule has 3 N–H and O–H groups in total. The third-order valence-corrected chi connectivity index (χ3v) is 8.81. The standard InChI is InChI=1S/C37H28BrN3O5S/c38-27-16-14-24(15-17-27)20-31(41-35(42)26-10-5-2-6-11-26)36(43)39-28-12-7-13-30(21-28)47-34(25-8-3-1-4-9-25)37(44)40-29-18-19-32-33(22-29)46-23-45-32/h1-22,34H,23H2,(H,39,43)(H,40,44)(H,41,42)/b31-20-. The van der Waals surface area contributed by atoms with E-state index < -0.39 is 17.1 Å². The molecule has 3 amide bonds. The van der Waals surface area contributed by atoms with Crippen LogP contribution in [0.1, 0.15) is 26.7 Å². The lowest BCUT2D eigenvalue weighted by molar-refractivity contribution is -0.116. The van der Waals surface area contributed by atoms with E-state index in [2.05, 4.69) is 31.9 Å². The van der Waals surface area contributed by atoms with Crippen LogP contribution in [-0.2, 0) is 9.59 Å². The number of carbonyl (C=O) groups excluding carboxylic acids is 3. The molecule has 8 nitrogen and oxygen atoms in total. The summed E-state index contributed by atoms with van der Waals surface area (Å²) in [6, 6.07) is 38.0. The van der Waals surface area contributed by atoms with E-state index >= 15 is 0 Å². The summed E-state index contributed by atoms with van der Waals surface area (Å²) >= 11 is 4.77. The number of nitrogens with one attached hydrogen (secondary N) is 3. The first-order valence-corrected chi connectivity index (χ1v) is 16.3. The van der Waals surface area contributed by atoms with Gasteiger partial charge in [0, 0.05) is 32.4 Å². The van der Waals surface area contributed by atoms with Gasteiger partial charge in [-0.25, -0.2) is 0 Å². The Morgan fingerprint density at radius 3 is 2.19 bits per heavy atom. The van der Waals surface area contributed by atoms with Crippen LogP contribution in [0.2, 0.25) is 0 Å². The summed E-state index contributed by atoms with van der Waals surface area (Å²) in [5, 5.41) is 8.06. The molecule has 5 aromatic rings. The largest absolute Gasteiger partial charge is 0.454 e. The Morgan fingerprint density at radius 1 is 0.723 bits per heavy atom. The first-order valence-electron chi connectivity index (χ1n) is 14.6. The summed E-state index contributed by atoms with van der Waals surface area (Å²) in [6.07, 6.45) is 1.62. The molecule has 0 fully saturated rings. The normalized spacial score (nSPS) is 12.6. The van der Waals surface area contributed by atoms with Crippen molar-refractivity contribution in [3.05, 3.63) is 154 Å². The summed E-state index contributed by atoms with van der Waals surface area (Å²) in [4.78, 5) is 41.0. The van der Waals surface area contributed by atoms with E-state index in [9.17, 15) is 14.4 Å². The number of halogens is 1. The smallest absolute Gasteiger partial charge is 0.272 e. The third kappa shape index (κ3) is 8.29. The highest BCUT2D eigenvalue weighted by Crippen LogP contribution is 2.39. The zero-order valence-electron chi connectivity index (χ0n) is 24.8. The highest BCUT2D eigenvalue weighted by Gasteiger charge is 2.24. The van der Waals surface area contributed by atoms with Gasteiger partial charge in [-0.15, -0.1) is 11.8 Å². The molecule has 1 aliphatic rings. The fourth-order valence-electron chi connectivity index (χ4n) is 4.73. The number of anilines is 2. The van der Waals surface area contributed by atoms with Gasteiger partial charge < -0.3 is 25.4 Å². The van der Waals surface area contributed by atoms with Crippen molar-refractivity contribution >= 4 is 62.9 Å². The molecule has 0 bridgehead atoms. The van der Waals surface area contributed by atoms with Gasteiger partial charge in [0.25, 0.3) is 11.8 Å². The molecule has 10 heteroatoms. The maximum atomic E-state index is 13.7. The molecule has 0 radical (unpaired) electrons. The lowest BCUT2D eigenvalue weighted by atomic mass is 10.1. The summed E-state index contributed by atoms with van der Waals surface area (Å²) < 4.78 is 11.7. The number of ether oxygens (including phenoxy) is 2. The van der Waals surface area contributed by atoms with Gasteiger partial charge in [-0.1, -0.05) is 82.7 Å². The molecule has 0 saturated carbocycles. The second-order valence-corrected chi connectivity index (χ2v) is 12.5. The average molecular weight is 707 g/mol. The van der Waals surface area contributed by atoms with Crippen LogP contribution in [0.15, 0.2) is 142 Å². The Kier molecular flexibility index (Phi) is 10.00. The van der Waals surface area contributed by atoms with Crippen LogP contribution in [-0.4, -0.2) is 24.5 Å². The molecule has 1 aliphatic heterocycles. The van der Waals surface area contributed by atoms with Gasteiger partial charge in [-0.3, -0.25) is 14.4 Å². The molecule has 0 saturated heterocycles. The van der Waals surface area contributed by atoms with E-state index in [1.165, 1.54) is 11.8 Å². The monoisotopic (exact) mass is 705 g/mol. The van der Waals surface area contributed by atoms with Crippen molar-refractivity contribution in [1.82, 2.24) is 5.32 Å². The summed E-state index contributed by atoms with van der Waals surface area (Å²) in [7, 11) is 0. The van der Waals surface area contributed by atoms with Crippen LogP contribution in [0.25, 0.3) is 6.08 Å². The molecule has 47 heavy (non-hydrogen) atoms. The van der Waals surface area contributed by atoms with Gasteiger partial charge in [0.05, 0.1) is 0 Å². The van der Waals surface area contributed by atoms with Crippen molar-refractivity contribution < 1.29 is 23.9 Å². The summed E-state index contributed by atoms with van der Waals surface area (Å²) in [5.41, 5.74) is 3.13. The fourth-order valence-corrected chi connectivity index (χ4v) is 6.08. The van der Waals surface area contributed by atoms with Gasteiger partial charge in [0.1, 0.15) is 10.9 Å². The van der Waals surface area contributed by atoms with Gasteiger partial charge in [-0.05, 0) is 71.8 Å². The predicted octanol–water partition coefficient (Wildman–Crippen LogP) is 8.06. The van der Waals surface area contributed by atoms with Crippen LogP contribution in [0.3, 0.4) is 0 Å². The Labute approximate surface area is 284 Å². The number of fused-ring (bicyclic) bond motifs is 1. The Morgan fingerprint density at radius 2 is 1.43 bits per heavy atom.